The van der Waals surface area contributed by atoms with Crippen molar-refractivity contribution in [3.05, 3.63) is 33.5 Å². The summed E-state index contributed by atoms with van der Waals surface area (Å²) in [4.78, 5) is 0. The van der Waals surface area contributed by atoms with Crippen LogP contribution in [0.3, 0.4) is 0 Å². The summed E-state index contributed by atoms with van der Waals surface area (Å²) in [5.41, 5.74) is 8.07. The molecule has 0 spiro atoms. The van der Waals surface area contributed by atoms with Crippen LogP contribution in [0.25, 0.3) is 0 Å². The minimum absolute atomic E-state index is 0.00572. The van der Waals surface area contributed by atoms with E-state index in [4.69, 9.17) is 5.73 Å². The molecule has 1 nitrogen and oxygen atoms in total. The fraction of sp³-hybridized carbons (Fsp3) is 0.400. The second kappa shape index (κ2) is 3.39. The smallest absolute Gasteiger partial charge is 0.137 e. The molecule has 3 heteroatoms. The highest BCUT2D eigenvalue weighted by atomic mass is 79.9. The van der Waals surface area contributed by atoms with E-state index in [-0.39, 0.29) is 11.9 Å². The number of halogens is 2. The number of hydrogen-bond donors (Lipinski definition) is 1. The van der Waals surface area contributed by atoms with Gasteiger partial charge in [0.05, 0.1) is 4.47 Å². The van der Waals surface area contributed by atoms with Crippen LogP contribution in [-0.2, 0) is 6.42 Å². The molecule has 0 bridgehead atoms. The van der Waals surface area contributed by atoms with Crippen molar-refractivity contribution in [1.29, 1.82) is 0 Å². The summed E-state index contributed by atoms with van der Waals surface area (Å²) < 4.78 is 13.7. The first-order chi connectivity index (χ1) is 6.20. The molecule has 0 aliphatic heterocycles. The fourth-order valence-electron chi connectivity index (χ4n) is 1.88. The van der Waals surface area contributed by atoms with E-state index in [1.165, 1.54) is 11.6 Å². The molecule has 0 amide bonds. The Morgan fingerprint density at radius 2 is 2.23 bits per heavy atom. The number of fused-ring (bicyclic) bond motifs is 1. The molecule has 70 valence electrons. The average molecular weight is 244 g/mol. The summed E-state index contributed by atoms with van der Waals surface area (Å²) >= 11 is 3.25. The summed E-state index contributed by atoms with van der Waals surface area (Å²) in [5, 5.41) is 0. The molecule has 0 saturated carbocycles. The van der Waals surface area contributed by atoms with Gasteiger partial charge in [0, 0.05) is 6.04 Å². The van der Waals surface area contributed by atoms with Crippen molar-refractivity contribution in [1.82, 2.24) is 0 Å². The lowest BCUT2D eigenvalue weighted by molar-refractivity contribution is 0.551. The highest BCUT2D eigenvalue weighted by molar-refractivity contribution is 9.10. The molecule has 0 aromatic heterocycles. The SMILES string of the molecule is NC1CCCc2ccc(F)c(Br)c21. The number of rotatable bonds is 0. The molecule has 0 heterocycles. The first kappa shape index (κ1) is 9.16. The molecular formula is C10H11BrFN. The van der Waals surface area contributed by atoms with E-state index in [1.54, 1.807) is 0 Å². The van der Waals surface area contributed by atoms with Gasteiger partial charge in [-0.25, -0.2) is 4.39 Å². The highest BCUT2D eigenvalue weighted by Crippen LogP contribution is 2.34. The fourth-order valence-corrected chi connectivity index (χ4v) is 2.56. The van der Waals surface area contributed by atoms with E-state index >= 15 is 0 Å². The summed E-state index contributed by atoms with van der Waals surface area (Å²) in [5.74, 6) is -0.212. The molecule has 1 unspecified atom stereocenters. The maximum absolute atomic E-state index is 13.2. The van der Waals surface area contributed by atoms with Crippen molar-refractivity contribution in [3.63, 3.8) is 0 Å². The van der Waals surface area contributed by atoms with Crippen LogP contribution in [0.2, 0.25) is 0 Å². The Kier molecular flexibility index (Phi) is 2.39. The zero-order chi connectivity index (χ0) is 9.42. The van der Waals surface area contributed by atoms with Crippen LogP contribution in [0.1, 0.15) is 30.0 Å². The average Bonchev–Trinajstić information content (AvgIpc) is 2.12. The first-order valence-corrected chi connectivity index (χ1v) is 5.22. The van der Waals surface area contributed by atoms with Gasteiger partial charge in [0.2, 0.25) is 0 Å². The maximum Gasteiger partial charge on any atom is 0.137 e. The van der Waals surface area contributed by atoms with E-state index in [1.807, 2.05) is 6.07 Å². The zero-order valence-corrected chi connectivity index (χ0v) is 8.77. The second-order valence-corrected chi connectivity index (χ2v) is 4.23. The van der Waals surface area contributed by atoms with Crippen LogP contribution in [0.15, 0.2) is 16.6 Å². The molecule has 0 fully saturated rings. The molecule has 1 aromatic rings. The van der Waals surface area contributed by atoms with Gasteiger partial charge in [0.25, 0.3) is 0 Å². The highest BCUT2D eigenvalue weighted by Gasteiger charge is 2.21. The lowest BCUT2D eigenvalue weighted by Crippen LogP contribution is -2.18. The minimum atomic E-state index is -0.212. The standard InChI is InChI=1S/C10H11BrFN/c11-10-7(12)5-4-6-2-1-3-8(13)9(6)10/h4-5,8H,1-3,13H2. The monoisotopic (exact) mass is 243 g/mol. The molecule has 0 saturated heterocycles. The molecule has 1 aromatic carbocycles. The summed E-state index contributed by atoms with van der Waals surface area (Å²) in [7, 11) is 0. The van der Waals surface area contributed by atoms with Crippen molar-refractivity contribution >= 4 is 15.9 Å². The normalized spacial score (nSPS) is 21.3. The van der Waals surface area contributed by atoms with E-state index in [0.717, 1.165) is 24.8 Å². The zero-order valence-electron chi connectivity index (χ0n) is 7.19. The van der Waals surface area contributed by atoms with Crippen LogP contribution in [0.4, 0.5) is 4.39 Å². The van der Waals surface area contributed by atoms with E-state index in [0.29, 0.717) is 4.47 Å². The molecule has 1 aliphatic carbocycles. The van der Waals surface area contributed by atoms with E-state index in [9.17, 15) is 4.39 Å². The molecule has 1 atom stereocenters. The van der Waals surface area contributed by atoms with Crippen molar-refractivity contribution < 1.29 is 4.39 Å². The van der Waals surface area contributed by atoms with Crippen molar-refractivity contribution in [2.45, 2.75) is 25.3 Å². The Morgan fingerprint density at radius 3 is 3.00 bits per heavy atom. The molecular weight excluding hydrogens is 233 g/mol. The topological polar surface area (TPSA) is 26.0 Å². The van der Waals surface area contributed by atoms with Crippen LogP contribution in [-0.4, -0.2) is 0 Å². The number of hydrogen-bond acceptors (Lipinski definition) is 1. The van der Waals surface area contributed by atoms with Crippen LogP contribution in [0.5, 0.6) is 0 Å². The van der Waals surface area contributed by atoms with Crippen molar-refractivity contribution in [2.24, 2.45) is 5.73 Å². The third-order valence-corrected chi connectivity index (χ3v) is 3.36. The van der Waals surface area contributed by atoms with Gasteiger partial charge in [-0.15, -0.1) is 0 Å². The van der Waals surface area contributed by atoms with Crippen molar-refractivity contribution in [2.75, 3.05) is 0 Å². The Labute approximate surface area is 85.3 Å². The van der Waals surface area contributed by atoms with Crippen LogP contribution < -0.4 is 5.73 Å². The molecule has 0 radical (unpaired) electrons. The summed E-state index contributed by atoms with van der Waals surface area (Å²) in [6, 6.07) is 3.34. The van der Waals surface area contributed by atoms with E-state index in [2.05, 4.69) is 15.9 Å². The molecule has 2 N–H and O–H groups in total. The quantitative estimate of drug-likeness (QED) is 0.746. The predicted octanol–water partition coefficient (Wildman–Crippen LogP) is 2.92. The summed E-state index contributed by atoms with van der Waals surface area (Å²) in [6.45, 7) is 0. The molecule has 1 aliphatic rings. The van der Waals surface area contributed by atoms with Gasteiger partial charge in [0.1, 0.15) is 5.82 Å². The molecule has 13 heavy (non-hydrogen) atoms. The second-order valence-electron chi connectivity index (χ2n) is 3.43. The third-order valence-electron chi connectivity index (χ3n) is 2.55. The Hall–Kier alpha value is -0.410. The number of nitrogens with two attached hydrogens (primary N) is 1. The summed E-state index contributed by atoms with van der Waals surface area (Å²) in [6.07, 6.45) is 3.07. The van der Waals surface area contributed by atoms with Gasteiger partial charge in [-0.1, -0.05) is 6.07 Å². The van der Waals surface area contributed by atoms with Gasteiger partial charge >= 0.3 is 0 Å². The van der Waals surface area contributed by atoms with Gasteiger partial charge in [-0.3, -0.25) is 0 Å². The van der Waals surface area contributed by atoms with Crippen molar-refractivity contribution in [3.8, 4) is 0 Å². The van der Waals surface area contributed by atoms with Gasteiger partial charge in [0.15, 0.2) is 0 Å². The Bertz CT molecular complexity index is 338. The largest absolute Gasteiger partial charge is 0.324 e. The minimum Gasteiger partial charge on any atom is -0.324 e. The van der Waals surface area contributed by atoms with Gasteiger partial charge in [-0.2, -0.15) is 0 Å². The molecule has 2 rings (SSSR count). The van der Waals surface area contributed by atoms with E-state index < -0.39 is 0 Å². The lowest BCUT2D eigenvalue weighted by Gasteiger charge is -2.23. The van der Waals surface area contributed by atoms with Gasteiger partial charge < -0.3 is 5.73 Å². The van der Waals surface area contributed by atoms with Crippen LogP contribution >= 0.6 is 15.9 Å². The number of benzene rings is 1. The third kappa shape index (κ3) is 1.51. The Balaban J connectivity index is 2.58. The predicted molar refractivity (Wildman–Crippen MR) is 54.0 cm³/mol. The van der Waals surface area contributed by atoms with Gasteiger partial charge in [-0.05, 0) is 52.4 Å². The first-order valence-electron chi connectivity index (χ1n) is 4.42. The Morgan fingerprint density at radius 1 is 1.46 bits per heavy atom. The number of aryl methyl sites for hydroxylation is 1. The lowest BCUT2D eigenvalue weighted by atomic mass is 9.88. The van der Waals surface area contributed by atoms with Crippen LogP contribution in [0, 0.1) is 5.82 Å². The maximum atomic E-state index is 13.2.